The van der Waals surface area contributed by atoms with Crippen LogP contribution in [0.2, 0.25) is 0 Å². The molecule has 4 nitrogen and oxygen atoms in total. The molecule has 0 bridgehead atoms. The van der Waals surface area contributed by atoms with Gasteiger partial charge >= 0.3 is 4.87 Å². The summed E-state index contributed by atoms with van der Waals surface area (Å²) in [6.45, 7) is 0.807. The van der Waals surface area contributed by atoms with Crippen LogP contribution in [0.25, 0.3) is 11.3 Å². The standard InChI is InChI=1S/C18H24N2O2S/c1-20(13-8-4-3-5-9-13)12-16-17(19-18(21)23-16)14-10-6-7-11-15(14)22-2/h6-7,10-11,13H,3-5,8-9,12H2,1-2H3,(H,19,21). The first-order valence-corrected chi connectivity index (χ1v) is 9.06. The van der Waals surface area contributed by atoms with Crippen LogP contribution in [-0.2, 0) is 6.54 Å². The molecule has 2 aromatic rings. The summed E-state index contributed by atoms with van der Waals surface area (Å²) in [6.07, 6.45) is 6.52. The number of thiazole rings is 1. The van der Waals surface area contributed by atoms with Gasteiger partial charge in [0.2, 0.25) is 0 Å². The van der Waals surface area contributed by atoms with E-state index in [1.807, 2.05) is 24.3 Å². The number of ether oxygens (including phenoxy) is 1. The molecule has 1 heterocycles. The Kier molecular flexibility index (Phi) is 5.18. The fourth-order valence-electron chi connectivity index (χ4n) is 3.42. The Labute approximate surface area is 141 Å². The Balaban J connectivity index is 1.87. The normalized spacial score (nSPS) is 16.0. The lowest BCUT2D eigenvalue weighted by Gasteiger charge is -2.31. The molecule has 0 radical (unpaired) electrons. The number of methoxy groups -OCH3 is 1. The molecular formula is C18H24N2O2S. The van der Waals surface area contributed by atoms with E-state index in [9.17, 15) is 4.79 Å². The van der Waals surface area contributed by atoms with Gasteiger partial charge in [0, 0.05) is 23.0 Å². The van der Waals surface area contributed by atoms with Crippen molar-refractivity contribution in [3.8, 4) is 17.0 Å². The van der Waals surface area contributed by atoms with Crippen LogP contribution in [0.5, 0.6) is 5.75 Å². The molecule has 23 heavy (non-hydrogen) atoms. The molecule has 0 unspecified atom stereocenters. The Hall–Kier alpha value is -1.59. The number of hydrogen-bond acceptors (Lipinski definition) is 4. The number of rotatable bonds is 5. The Morgan fingerprint density at radius 3 is 2.74 bits per heavy atom. The SMILES string of the molecule is COc1ccccc1-c1[nH]c(=O)sc1CN(C)C1CCCCC1. The van der Waals surface area contributed by atoms with Gasteiger partial charge in [0.15, 0.2) is 0 Å². The van der Waals surface area contributed by atoms with Gasteiger partial charge in [-0.25, -0.2) is 0 Å². The van der Waals surface area contributed by atoms with E-state index in [1.54, 1.807) is 7.11 Å². The maximum atomic E-state index is 11.9. The monoisotopic (exact) mass is 332 g/mol. The van der Waals surface area contributed by atoms with Crippen LogP contribution in [-0.4, -0.2) is 30.1 Å². The predicted octanol–water partition coefficient (Wildman–Crippen LogP) is 3.88. The number of nitrogens with zero attached hydrogens (tertiary/aromatic N) is 1. The molecule has 1 aromatic heterocycles. The second kappa shape index (κ2) is 7.32. The number of aromatic nitrogens is 1. The lowest BCUT2D eigenvalue weighted by molar-refractivity contribution is 0.186. The lowest BCUT2D eigenvalue weighted by atomic mass is 9.94. The van der Waals surface area contributed by atoms with Crippen molar-refractivity contribution >= 4 is 11.3 Å². The first kappa shape index (κ1) is 16.3. The number of para-hydroxylation sites is 1. The molecule has 0 spiro atoms. The molecule has 1 aromatic carbocycles. The van der Waals surface area contributed by atoms with E-state index in [4.69, 9.17) is 4.74 Å². The van der Waals surface area contributed by atoms with Crippen molar-refractivity contribution in [2.45, 2.75) is 44.7 Å². The topological polar surface area (TPSA) is 45.3 Å². The minimum absolute atomic E-state index is 0.00190. The molecular weight excluding hydrogens is 308 g/mol. The summed E-state index contributed by atoms with van der Waals surface area (Å²) in [4.78, 5) is 18.4. The average Bonchev–Trinajstić information content (AvgIpc) is 2.95. The minimum Gasteiger partial charge on any atom is -0.496 e. The molecule has 0 aliphatic heterocycles. The van der Waals surface area contributed by atoms with E-state index in [2.05, 4.69) is 16.9 Å². The summed E-state index contributed by atoms with van der Waals surface area (Å²) in [7, 11) is 3.84. The minimum atomic E-state index is -0.00190. The van der Waals surface area contributed by atoms with Gasteiger partial charge in [-0.05, 0) is 32.0 Å². The molecule has 0 atom stereocenters. The number of aromatic amines is 1. The van der Waals surface area contributed by atoms with Crippen LogP contribution in [0.4, 0.5) is 0 Å². The van der Waals surface area contributed by atoms with Gasteiger partial charge in [-0.3, -0.25) is 9.69 Å². The number of H-pyrrole nitrogens is 1. The number of benzene rings is 1. The van der Waals surface area contributed by atoms with Crippen molar-refractivity contribution in [2.75, 3.05) is 14.2 Å². The van der Waals surface area contributed by atoms with Crippen LogP contribution in [0.15, 0.2) is 29.1 Å². The summed E-state index contributed by atoms with van der Waals surface area (Å²) in [5, 5.41) is 0. The van der Waals surface area contributed by atoms with Crippen molar-refractivity contribution in [1.82, 2.24) is 9.88 Å². The molecule has 1 N–H and O–H groups in total. The highest BCUT2D eigenvalue weighted by molar-refractivity contribution is 7.09. The summed E-state index contributed by atoms with van der Waals surface area (Å²) in [5.74, 6) is 0.795. The van der Waals surface area contributed by atoms with Crippen molar-refractivity contribution in [3.63, 3.8) is 0 Å². The highest BCUT2D eigenvalue weighted by atomic mass is 32.1. The molecule has 0 amide bonds. The van der Waals surface area contributed by atoms with Crippen LogP contribution in [0.1, 0.15) is 37.0 Å². The van der Waals surface area contributed by atoms with E-state index in [1.165, 1.54) is 43.4 Å². The van der Waals surface area contributed by atoms with E-state index in [0.717, 1.165) is 28.4 Å². The van der Waals surface area contributed by atoms with Gasteiger partial charge in [0.25, 0.3) is 0 Å². The zero-order valence-corrected chi connectivity index (χ0v) is 14.6. The first-order valence-electron chi connectivity index (χ1n) is 8.24. The van der Waals surface area contributed by atoms with Crippen LogP contribution < -0.4 is 9.61 Å². The summed E-state index contributed by atoms with van der Waals surface area (Å²) < 4.78 is 5.45. The van der Waals surface area contributed by atoms with Crippen LogP contribution in [0.3, 0.4) is 0 Å². The zero-order chi connectivity index (χ0) is 16.2. The van der Waals surface area contributed by atoms with Gasteiger partial charge < -0.3 is 9.72 Å². The molecule has 0 saturated heterocycles. The molecule has 5 heteroatoms. The fraction of sp³-hybridized carbons (Fsp3) is 0.500. The maximum absolute atomic E-state index is 11.9. The average molecular weight is 332 g/mol. The number of hydrogen-bond donors (Lipinski definition) is 1. The summed E-state index contributed by atoms with van der Waals surface area (Å²) >= 11 is 1.31. The Morgan fingerprint density at radius 2 is 2.00 bits per heavy atom. The second-order valence-corrected chi connectivity index (χ2v) is 7.29. The van der Waals surface area contributed by atoms with Gasteiger partial charge in [0.1, 0.15) is 5.75 Å². The highest BCUT2D eigenvalue weighted by Gasteiger charge is 2.21. The molecule has 1 aliphatic rings. The molecule has 3 rings (SSSR count). The Bertz CT molecular complexity index is 701. The maximum Gasteiger partial charge on any atom is 0.305 e. The molecule has 1 saturated carbocycles. The summed E-state index contributed by atoms with van der Waals surface area (Å²) in [5.41, 5.74) is 1.86. The summed E-state index contributed by atoms with van der Waals surface area (Å²) in [6, 6.07) is 8.48. The third-order valence-electron chi connectivity index (χ3n) is 4.69. The molecule has 1 aliphatic carbocycles. The van der Waals surface area contributed by atoms with E-state index < -0.39 is 0 Å². The van der Waals surface area contributed by atoms with Gasteiger partial charge in [0.05, 0.1) is 12.8 Å². The lowest BCUT2D eigenvalue weighted by Crippen LogP contribution is -2.32. The van der Waals surface area contributed by atoms with Crippen molar-refractivity contribution in [1.29, 1.82) is 0 Å². The predicted molar refractivity (Wildman–Crippen MR) is 95.3 cm³/mol. The van der Waals surface area contributed by atoms with Gasteiger partial charge in [-0.2, -0.15) is 0 Å². The van der Waals surface area contributed by atoms with Crippen molar-refractivity contribution < 1.29 is 4.74 Å². The van der Waals surface area contributed by atoms with Gasteiger partial charge in [-0.1, -0.05) is 42.7 Å². The zero-order valence-electron chi connectivity index (χ0n) is 13.8. The second-order valence-electron chi connectivity index (χ2n) is 6.22. The van der Waals surface area contributed by atoms with E-state index in [0.29, 0.717) is 6.04 Å². The molecule has 1 fully saturated rings. The van der Waals surface area contributed by atoms with Crippen molar-refractivity contribution in [3.05, 3.63) is 38.8 Å². The number of nitrogens with one attached hydrogen (secondary N) is 1. The third-order valence-corrected chi connectivity index (χ3v) is 5.56. The quantitative estimate of drug-likeness (QED) is 0.904. The largest absolute Gasteiger partial charge is 0.496 e. The van der Waals surface area contributed by atoms with Crippen LogP contribution in [0, 0.1) is 0 Å². The van der Waals surface area contributed by atoms with E-state index in [-0.39, 0.29) is 4.87 Å². The van der Waals surface area contributed by atoms with E-state index >= 15 is 0 Å². The highest BCUT2D eigenvalue weighted by Crippen LogP contribution is 2.33. The first-order chi connectivity index (χ1) is 11.2. The smallest absolute Gasteiger partial charge is 0.305 e. The van der Waals surface area contributed by atoms with Crippen molar-refractivity contribution in [2.24, 2.45) is 0 Å². The molecule has 124 valence electrons. The Morgan fingerprint density at radius 1 is 1.26 bits per heavy atom. The fourth-order valence-corrected chi connectivity index (χ4v) is 4.33. The van der Waals surface area contributed by atoms with Gasteiger partial charge in [-0.15, -0.1) is 0 Å². The van der Waals surface area contributed by atoms with Crippen LogP contribution >= 0.6 is 11.3 Å². The third kappa shape index (κ3) is 3.67.